The van der Waals surface area contributed by atoms with Crippen LogP contribution in [-0.4, -0.2) is 25.0 Å². The van der Waals surface area contributed by atoms with Gasteiger partial charge in [0.2, 0.25) is 5.91 Å². The smallest absolute Gasteiger partial charge is 0.220 e. The lowest BCUT2D eigenvalue weighted by Crippen LogP contribution is -2.29. The van der Waals surface area contributed by atoms with Crippen molar-refractivity contribution in [3.63, 3.8) is 0 Å². The Bertz CT molecular complexity index is 200. The van der Waals surface area contributed by atoms with Gasteiger partial charge in [0, 0.05) is 19.0 Å². The highest BCUT2D eigenvalue weighted by Crippen LogP contribution is 2.28. The highest BCUT2D eigenvalue weighted by molar-refractivity contribution is 5.75. The van der Waals surface area contributed by atoms with Crippen LogP contribution in [0.5, 0.6) is 0 Å². The fourth-order valence-electron chi connectivity index (χ4n) is 1.93. The summed E-state index contributed by atoms with van der Waals surface area (Å²) in [5, 5.41) is 6.32. The van der Waals surface area contributed by atoms with Crippen LogP contribution in [-0.2, 0) is 4.79 Å². The van der Waals surface area contributed by atoms with E-state index in [0.717, 1.165) is 25.4 Å². The van der Waals surface area contributed by atoms with Gasteiger partial charge in [-0.1, -0.05) is 33.1 Å². The van der Waals surface area contributed by atoms with Crippen LogP contribution in [0, 0.1) is 5.92 Å². The van der Waals surface area contributed by atoms with Gasteiger partial charge in [-0.3, -0.25) is 4.79 Å². The summed E-state index contributed by atoms with van der Waals surface area (Å²) in [4.78, 5) is 11.4. The molecular weight excluding hydrogens is 200 g/mol. The number of hydrogen-bond acceptors (Lipinski definition) is 2. The van der Waals surface area contributed by atoms with Crippen LogP contribution in [0.15, 0.2) is 0 Å². The summed E-state index contributed by atoms with van der Waals surface area (Å²) in [5.41, 5.74) is 0. The fraction of sp³-hybridized carbons (Fsp3) is 0.923. The molecule has 1 saturated carbocycles. The molecule has 0 atom stereocenters. The SMILES string of the molecule is CC(C)NCCCC(=O)NCCC1CCC1. The number of rotatable bonds is 8. The summed E-state index contributed by atoms with van der Waals surface area (Å²) in [6.07, 6.45) is 6.90. The first-order chi connectivity index (χ1) is 7.68. The molecule has 0 radical (unpaired) electrons. The molecule has 0 aromatic rings. The molecule has 0 aromatic carbocycles. The number of carbonyl (C=O) groups excluding carboxylic acids is 1. The van der Waals surface area contributed by atoms with Gasteiger partial charge in [0.05, 0.1) is 0 Å². The summed E-state index contributed by atoms with van der Waals surface area (Å²) < 4.78 is 0. The second kappa shape index (κ2) is 7.66. The first-order valence-corrected chi connectivity index (χ1v) is 6.68. The van der Waals surface area contributed by atoms with Gasteiger partial charge in [-0.2, -0.15) is 0 Å². The second-order valence-corrected chi connectivity index (χ2v) is 5.15. The molecule has 0 unspecified atom stereocenters. The van der Waals surface area contributed by atoms with E-state index in [9.17, 15) is 4.79 Å². The fourth-order valence-corrected chi connectivity index (χ4v) is 1.93. The zero-order valence-corrected chi connectivity index (χ0v) is 10.7. The summed E-state index contributed by atoms with van der Waals surface area (Å²) in [7, 11) is 0. The van der Waals surface area contributed by atoms with Gasteiger partial charge in [-0.25, -0.2) is 0 Å². The predicted molar refractivity (Wildman–Crippen MR) is 67.3 cm³/mol. The van der Waals surface area contributed by atoms with Gasteiger partial charge in [0.25, 0.3) is 0 Å². The maximum Gasteiger partial charge on any atom is 0.220 e. The van der Waals surface area contributed by atoms with Crippen LogP contribution in [0.2, 0.25) is 0 Å². The highest BCUT2D eigenvalue weighted by atomic mass is 16.1. The molecule has 94 valence electrons. The summed E-state index contributed by atoms with van der Waals surface area (Å²) in [6, 6.07) is 0.515. The molecule has 0 saturated heterocycles. The van der Waals surface area contributed by atoms with Crippen molar-refractivity contribution in [1.82, 2.24) is 10.6 Å². The van der Waals surface area contributed by atoms with E-state index in [1.807, 2.05) is 0 Å². The first kappa shape index (κ1) is 13.5. The number of nitrogens with one attached hydrogen (secondary N) is 2. The minimum absolute atomic E-state index is 0.213. The molecule has 2 N–H and O–H groups in total. The quantitative estimate of drug-likeness (QED) is 0.622. The monoisotopic (exact) mass is 226 g/mol. The molecule has 0 aromatic heterocycles. The minimum Gasteiger partial charge on any atom is -0.356 e. The van der Waals surface area contributed by atoms with Crippen molar-refractivity contribution in [3.05, 3.63) is 0 Å². The third kappa shape index (κ3) is 6.11. The van der Waals surface area contributed by atoms with Gasteiger partial charge in [-0.15, -0.1) is 0 Å². The lowest BCUT2D eigenvalue weighted by atomic mass is 9.83. The molecule has 1 amide bonds. The Kier molecular flexibility index (Phi) is 6.46. The maximum atomic E-state index is 11.4. The van der Waals surface area contributed by atoms with Crippen LogP contribution in [0.1, 0.15) is 52.4 Å². The molecule has 0 bridgehead atoms. The number of amides is 1. The molecule has 1 fully saturated rings. The van der Waals surface area contributed by atoms with Gasteiger partial charge in [-0.05, 0) is 25.3 Å². The van der Waals surface area contributed by atoms with Crippen molar-refractivity contribution < 1.29 is 4.79 Å². The van der Waals surface area contributed by atoms with Gasteiger partial charge < -0.3 is 10.6 Å². The Balaban J connectivity index is 1.86. The molecular formula is C13H26N2O. The Morgan fingerprint density at radius 1 is 1.31 bits per heavy atom. The van der Waals surface area contributed by atoms with Crippen molar-refractivity contribution in [1.29, 1.82) is 0 Å². The zero-order chi connectivity index (χ0) is 11.8. The molecule has 3 nitrogen and oxygen atoms in total. The van der Waals surface area contributed by atoms with E-state index in [-0.39, 0.29) is 5.91 Å². The predicted octanol–water partition coefficient (Wildman–Crippen LogP) is 2.07. The van der Waals surface area contributed by atoms with E-state index in [2.05, 4.69) is 24.5 Å². The molecule has 3 heteroatoms. The summed E-state index contributed by atoms with van der Waals surface area (Å²) in [6.45, 7) is 6.06. The molecule has 0 heterocycles. The molecule has 1 aliphatic rings. The summed E-state index contributed by atoms with van der Waals surface area (Å²) in [5.74, 6) is 1.10. The Hall–Kier alpha value is -0.570. The minimum atomic E-state index is 0.213. The largest absolute Gasteiger partial charge is 0.356 e. The zero-order valence-electron chi connectivity index (χ0n) is 10.7. The number of carbonyl (C=O) groups is 1. The van der Waals surface area contributed by atoms with E-state index in [1.54, 1.807) is 0 Å². The normalized spacial score (nSPS) is 16.2. The van der Waals surface area contributed by atoms with Crippen molar-refractivity contribution in [3.8, 4) is 0 Å². The van der Waals surface area contributed by atoms with Crippen LogP contribution in [0.4, 0.5) is 0 Å². The van der Waals surface area contributed by atoms with Crippen molar-refractivity contribution >= 4 is 5.91 Å². The van der Waals surface area contributed by atoms with Gasteiger partial charge in [0.15, 0.2) is 0 Å². The second-order valence-electron chi connectivity index (χ2n) is 5.15. The molecule has 0 aliphatic heterocycles. The first-order valence-electron chi connectivity index (χ1n) is 6.68. The van der Waals surface area contributed by atoms with Crippen LogP contribution in [0.25, 0.3) is 0 Å². The van der Waals surface area contributed by atoms with Crippen molar-refractivity contribution in [2.75, 3.05) is 13.1 Å². The van der Waals surface area contributed by atoms with E-state index < -0.39 is 0 Å². The molecule has 16 heavy (non-hydrogen) atoms. The topological polar surface area (TPSA) is 41.1 Å². The Morgan fingerprint density at radius 2 is 2.06 bits per heavy atom. The van der Waals surface area contributed by atoms with E-state index >= 15 is 0 Å². The molecule has 1 aliphatic carbocycles. The van der Waals surface area contributed by atoms with Gasteiger partial charge in [0.1, 0.15) is 0 Å². The van der Waals surface area contributed by atoms with Crippen LogP contribution < -0.4 is 10.6 Å². The van der Waals surface area contributed by atoms with Crippen molar-refractivity contribution in [2.24, 2.45) is 5.92 Å². The van der Waals surface area contributed by atoms with E-state index in [1.165, 1.54) is 25.7 Å². The van der Waals surface area contributed by atoms with E-state index in [0.29, 0.717) is 12.5 Å². The lowest BCUT2D eigenvalue weighted by molar-refractivity contribution is -0.121. The Morgan fingerprint density at radius 3 is 2.62 bits per heavy atom. The lowest BCUT2D eigenvalue weighted by Gasteiger charge is -2.25. The number of hydrogen-bond donors (Lipinski definition) is 2. The third-order valence-corrected chi connectivity index (χ3v) is 3.23. The van der Waals surface area contributed by atoms with E-state index in [4.69, 9.17) is 0 Å². The summed E-state index contributed by atoms with van der Waals surface area (Å²) >= 11 is 0. The van der Waals surface area contributed by atoms with Crippen molar-refractivity contribution in [2.45, 2.75) is 58.4 Å². The van der Waals surface area contributed by atoms with Crippen LogP contribution >= 0.6 is 0 Å². The van der Waals surface area contributed by atoms with Gasteiger partial charge >= 0.3 is 0 Å². The molecule has 1 rings (SSSR count). The Labute approximate surface area is 99.4 Å². The standard InChI is InChI=1S/C13H26N2O/c1-11(2)14-9-4-7-13(16)15-10-8-12-5-3-6-12/h11-12,14H,3-10H2,1-2H3,(H,15,16). The average Bonchev–Trinajstić information content (AvgIpc) is 2.16. The van der Waals surface area contributed by atoms with Crippen LogP contribution in [0.3, 0.4) is 0 Å². The highest BCUT2D eigenvalue weighted by Gasteiger charge is 2.16. The molecule has 0 spiro atoms. The maximum absolute atomic E-state index is 11.4. The third-order valence-electron chi connectivity index (χ3n) is 3.23. The average molecular weight is 226 g/mol.